The highest BCUT2D eigenvalue weighted by molar-refractivity contribution is 9.10. The van der Waals surface area contributed by atoms with Crippen LogP contribution in [0.4, 0.5) is 5.69 Å². The lowest BCUT2D eigenvalue weighted by Crippen LogP contribution is -2.27. The Morgan fingerprint density at radius 2 is 2.00 bits per heavy atom. The van der Waals surface area contributed by atoms with Crippen LogP contribution in [0.15, 0.2) is 40.9 Å². The maximum atomic E-state index is 12.1. The number of benzene rings is 2. The van der Waals surface area contributed by atoms with Crippen LogP contribution in [0.25, 0.3) is 0 Å². The predicted molar refractivity (Wildman–Crippen MR) is 90.1 cm³/mol. The van der Waals surface area contributed by atoms with Gasteiger partial charge in [0.25, 0.3) is 0 Å². The van der Waals surface area contributed by atoms with Crippen molar-refractivity contribution >= 4 is 27.5 Å². The van der Waals surface area contributed by atoms with Gasteiger partial charge in [-0.3, -0.25) is 4.79 Å². The highest BCUT2D eigenvalue weighted by atomic mass is 79.9. The number of carbonyl (C=O) groups excluding carboxylic acids is 1. The Balaban J connectivity index is 1.92. The van der Waals surface area contributed by atoms with Crippen molar-refractivity contribution in [3.05, 3.63) is 46.4 Å². The van der Waals surface area contributed by atoms with Crippen molar-refractivity contribution in [2.24, 2.45) is 0 Å². The number of hydrogen-bond acceptors (Lipinski definition) is 4. The number of hydrogen-bond donors (Lipinski definition) is 0. The lowest BCUT2D eigenvalue weighted by Gasteiger charge is -2.22. The summed E-state index contributed by atoms with van der Waals surface area (Å²) in [6, 6.07) is 11.2. The summed E-state index contributed by atoms with van der Waals surface area (Å²) in [6.07, 6.45) is 0. The maximum Gasteiger partial charge on any atom is 0.231 e. The van der Waals surface area contributed by atoms with Gasteiger partial charge in [-0.2, -0.15) is 0 Å². The summed E-state index contributed by atoms with van der Waals surface area (Å²) >= 11 is 3.53. The predicted octanol–water partition coefficient (Wildman–Crippen LogP) is 3.74. The zero-order chi connectivity index (χ0) is 16.4. The van der Waals surface area contributed by atoms with Crippen LogP contribution in [0.3, 0.4) is 0 Å². The number of fused-ring (bicyclic) bond motifs is 1. The largest absolute Gasteiger partial charge is 0.497 e. The van der Waals surface area contributed by atoms with E-state index < -0.39 is 0 Å². The van der Waals surface area contributed by atoms with Gasteiger partial charge in [0.1, 0.15) is 5.75 Å². The van der Waals surface area contributed by atoms with E-state index in [0.29, 0.717) is 23.8 Å². The molecule has 0 unspecified atom stereocenters. The lowest BCUT2D eigenvalue weighted by molar-refractivity contribution is -0.116. The van der Waals surface area contributed by atoms with Gasteiger partial charge < -0.3 is 19.1 Å². The van der Waals surface area contributed by atoms with Crippen LogP contribution in [0, 0.1) is 0 Å². The molecule has 0 radical (unpaired) electrons. The summed E-state index contributed by atoms with van der Waals surface area (Å²) in [5.41, 5.74) is 1.72. The molecule has 3 rings (SSSR count). The van der Waals surface area contributed by atoms with Gasteiger partial charge in [-0.25, -0.2) is 0 Å². The molecule has 0 aromatic heterocycles. The van der Waals surface area contributed by atoms with Gasteiger partial charge in [-0.15, -0.1) is 0 Å². The fourth-order valence-electron chi connectivity index (χ4n) is 2.41. The molecule has 2 aromatic carbocycles. The van der Waals surface area contributed by atoms with Crippen LogP contribution in [0.5, 0.6) is 17.2 Å². The third-order valence-corrected chi connectivity index (χ3v) is 4.35. The summed E-state index contributed by atoms with van der Waals surface area (Å²) in [5.74, 6) is 2.05. The molecule has 0 aliphatic carbocycles. The number of anilines is 1. The first-order valence-electron chi connectivity index (χ1n) is 7.08. The molecule has 0 N–H and O–H groups in total. The van der Waals surface area contributed by atoms with Crippen molar-refractivity contribution in [3.63, 3.8) is 0 Å². The fraction of sp³-hybridized carbons (Fsp3) is 0.235. The van der Waals surface area contributed by atoms with E-state index in [2.05, 4.69) is 15.9 Å². The highest BCUT2D eigenvalue weighted by Gasteiger charge is 2.19. The third kappa shape index (κ3) is 3.27. The van der Waals surface area contributed by atoms with Crippen LogP contribution in [-0.2, 0) is 11.3 Å². The van der Waals surface area contributed by atoms with Gasteiger partial charge in [-0.1, -0.05) is 22.0 Å². The Labute approximate surface area is 142 Å². The molecule has 0 spiro atoms. The second-order valence-corrected chi connectivity index (χ2v) is 5.96. The molecule has 0 bridgehead atoms. The van der Waals surface area contributed by atoms with E-state index in [1.54, 1.807) is 18.9 Å². The SMILES string of the molecule is COc1cccc(N(Cc2cc3c(cc2Br)OCO3)C(C)=O)c1. The lowest BCUT2D eigenvalue weighted by atomic mass is 10.1. The summed E-state index contributed by atoms with van der Waals surface area (Å²) in [6.45, 7) is 2.18. The smallest absolute Gasteiger partial charge is 0.231 e. The molecule has 5 nitrogen and oxygen atoms in total. The molecule has 23 heavy (non-hydrogen) atoms. The third-order valence-electron chi connectivity index (χ3n) is 3.62. The number of methoxy groups -OCH3 is 1. The number of nitrogens with zero attached hydrogens (tertiary/aromatic N) is 1. The highest BCUT2D eigenvalue weighted by Crippen LogP contribution is 2.37. The molecule has 0 saturated heterocycles. The molecule has 1 amide bonds. The molecule has 1 heterocycles. The van der Waals surface area contributed by atoms with Crippen molar-refractivity contribution in [2.75, 3.05) is 18.8 Å². The van der Waals surface area contributed by atoms with Gasteiger partial charge in [0.2, 0.25) is 12.7 Å². The van der Waals surface area contributed by atoms with Crippen LogP contribution in [0.2, 0.25) is 0 Å². The summed E-state index contributed by atoms with van der Waals surface area (Å²) < 4.78 is 16.9. The minimum absolute atomic E-state index is 0.0529. The molecular weight excluding hydrogens is 362 g/mol. The first-order valence-corrected chi connectivity index (χ1v) is 7.88. The van der Waals surface area contributed by atoms with Crippen molar-refractivity contribution < 1.29 is 19.0 Å². The van der Waals surface area contributed by atoms with Crippen LogP contribution in [-0.4, -0.2) is 19.8 Å². The number of rotatable bonds is 4. The monoisotopic (exact) mass is 377 g/mol. The zero-order valence-electron chi connectivity index (χ0n) is 12.8. The minimum atomic E-state index is -0.0529. The quantitative estimate of drug-likeness (QED) is 0.814. The normalized spacial score (nSPS) is 12.1. The number of carbonyl (C=O) groups is 1. The van der Waals surface area contributed by atoms with Crippen molar-refractivity contribution in [2.45, 2.75) is 13.5 Å². The molecule has 1 aliphatic rings. The van der Waals surface area contributed by atoms with Crippen LogP contribution < -0.4 is 19.1 Å². The first-order chi connectivity index (χ1) is 11.1. The van der Waals surface area contributed by atoms with Crippen LogP contribution in [0.1, 0.15) is 12.5 Å². The van der Waals surface area contributed by atoms with Gasteiger partial charge in [0.15, 0.2) is 11.5 Å². The first kappa shape index (κ1) is 15.7. The topological polar surface area (TPSA) is 48.0 Å². The zero-order valence-corrected chi connectivity index (χ0v) is 14.4. The van der Waals surface area contributed by atoms with Crippen molar-refractivity contribution in [3.8, 4) is 17.2 Å². The van der Waals surface area contributed by atoms with E-state index in [1.165, 1.54) is 0 Å². The van der Waals surface area contributed by atoms with Gasteiger partial charge in [0.05, 0.1) is 13.7 Å². The number of ether oxygens (including phenoxy) is 3. The van der Waals surface area contributed by atoms with Crippen molar-refractivity contribution in [1.82, 2.24) is 0 Å². The molecule has 6 heteroatoms. The second-order valence-electron chi connectivity index (χ2n) is 5.10. The standard InChI is InChI=1S/C17H16BrNO4/c1-11(20)19(13-4-3-5-14(7-13)21-2)9-12-6-16-17(8-15(12)18)23-10-22-16/h3-8H,9-10H2,1-2H3. The van der Waals surface area contributed by atoms with E-state index in [0.717, 1.165) is 15.7 Å². The molecule has 120 valence electrons. The average Bonchev–Trinajstić information content (AvgIpc) is 2.99. The van der Waals surface area contributed by atoms with Gasteiger partial charge in [-0.05, 0) is 29.8 Å². The average molecular weight is 378 g/mol. The second kappa shape index (κ2) is 6.50. The Morgan fingerprint density at radius 1 is 1.26 bits per heavy atom. The molecule has 2 aromatic rings. The van der Waals surface area contributed by atoms with E-state index in [9.17, 15) is 4.79 Å². The number of halogens is 1. The van der Waals surface area contributed by atoms with Crippen LogP contribution >= 0.6 is 15.9 Å². The Hall–Kier alpha value is -2.21. The van der Waals surface area contributed by atoms with Crippen molar-refractivity contribution in [1.29, 1.82) is 0 Å². The van der Waals surface area contributed by atoms with E-state index >= 15 is 0 Å². The van der Waals surface area contributed by atoms with E-state index in [1.807, 2.05) is 36.4 Å². The summed E-state index contributed by atoms with van der Waals surface area (Å²) in [4.78, 5) is 13.8. The Bertz CT molecular complexity index is 747. The van der Waals surface area contributed by atoms with Gasteiger partial charge in [0, 0.05) is 23.2 Å². The minimum Gasteiger partial charge on any atom is -0.497 e. The molecular formula is C17H16BrNO4. The summed E-state index contributed by atoms with van der Waals surface area (Å²) in [7, 11) is 1.60. The summed E-state index contributed by atoms with van der Waals surface area (Å²) in [5, 5.41) is 0. The van der Waals surface area contributed by atoms with E-state index in [-0.39, 0.29) is 12.7 Å². The fourth-order valence-corrected chi connectivity index (χ4v) is 2.86. The molecule has 0 fully saturated rings. The molecule has 0 atom stereocenters. The van der Waals surface area contributed by atoms with E-state index in [4.69, 9.17) is 14.2 Å². The molecule has 1 aliphatic heterocycles. The number of amides is 1. The van der Waals surface area contributed by atoms with Gasteiger partial charge >= 0.3 is 0 Å². The Kier molecular flexibility index (Phi) is 4.43. The molecule has 0 saturated carbocycles. The Morgan fingerprint density at radius 3 is 2.70 bits per heavy atom. The maximum absolute atomic E-state index is 12.1.